The van der Waals surface area contributed by atoms with E-state index >= 15 is 0 Å². The van der Waals surface area contributed by atoms with E-state index in [2.05, 4.69) is 5.10 Å². The van der Waals surface area contributed by atoms with E-state index in [1.807, 2.05) is 13.0 Å². The number of aryl methyl sites for hydroxylation is 1. The summed E-state index contributed by atoms with van der Waals surface area (Å²) in [6, 6.07) is 15.7. The first kappa shape index (κ1) is 25.0. The van der Waals surface area contributed by atoms with Crippen LogP contribution in [0, 0.1) is 18.6 Å². The molecule has 0 amide bonds. The lowest BCUT2D eigenvalue weighted by Gasteiger charge is -2.14. The Bertz CT molecular complexity index is 1560. The molecule has 0 saturated carbocycles. The summed E-state index contributed by atoms with van der Waals surface area (Å²) in [4.78, 5) is 0.203. The van der Waals surface area contributed by atoms with Crippen LogP contribution >= 0.6 is 11.6 Å². The molecule has 0 aliphatic carbocycles. The first-order valence-electron chi connectivity index (χ1n) is 10.7. The highest BCUT2D eigenvalue weighted by molar-refractivity contribution is 7.90. The van der Waals surface area contributed by atoms with Gasteiger partial charge in [-0.05, 0) is 73.9 Å². The third-order valence-electron chi connectivity index (χ3n) is 5.63. The summed E-state index contributed by atoms with van der Waals surface area (Å²) >= 11 is 6.57. The zero-order chi connectivity index (χ0) is 25.7. The van der Waals surface area contributed by atoms with Gasteiger partial charge in [-0.1, -0.05) is 35.9 Å². The lowest BCUT2D eigenvalue weighted by atomic mass is 10.0. The summed E-state index contributed by atoms with van der Waals surface area (Å²) in [5.41, 5.74) is 1.39. The fraction of sp³-hybridized carbons (Fsp3) is 0.192. The number of hydrogen-bond donors (Lipinski definition) is 1. The second kappa shape index (κ2) is 8.86. The summed E-state index contributed by atoms with van der Waals surface area (Å²) in [6.45, 7) is 4.81. The topological polar surface area (TPSA) is 72.2 Å². The van der Waals surface area contributed by atoms with Crippen molar-refractivity contribution in [1.29, 1.82) is 0 Å². The number of aromatic nitrogens is 2. The monoisotopic (exact) mass is 516 g/mol. The van der Waals surface area contributed by atoms with Gasteiger partial charge in [0.2, 0.25) is 0 Å². The van der Waals surface area contributed by atoms with Crippen LogP contribution in [0.4, 0.5) is 8.78 Å². The standard InChI is InChI=1S/C26H23ClF2N2O3S/c1-15-13-17(16-7-5-8-18(14-16)35(4,33)34)11-12-21(15)31-24(19-9-6-10-20(28)23(19)29)22(27)25(30-31)26(2,3)32/h5-14,32H,1-4H3. The van der Waals surface area contributed by atoms with Crippen LogP contribution in [0.1, 0.15) is 25.1 Å². The van der Waals surface area contributed by atoms with Crippen LogP contribution in [0.5, 0.6) is 0 Å². The molecule has 3 aromatic carbocycles. The molecule has 5 nitrogen and oxygen atoms in total. The SMILES string of the molecule is Cc1cc(-c2cccc(S(C)(=O)=O)c2)ccc1-n1nc(C(C)(C)O)c(Cl)c1-c1cccc(F)c1F. The van der Waals surface area contributed by atoms with Crippen molar-refractivity contribution in [2.45, 2.75) is 31.3 Å². The molecule has 0 aliphatic rings. The normalized spacial score (nSPS) is 12.2. The Morgan fingerprint density at radius 2 is 1.66 bits per heavy atom. The molecule has 35 heavy (non-hydrogen) atoms. The van der Waals surface area contributed by atoms with Gasteiger partial charge in [0, 0.05) is 11.8 Å². The van der Waals surface area contributed by atoms with Crippen LogP contribution in [0.3, 0.4) is 0 Å². The van der Waals surface area contributed by atoms with E-state index in [-0.39, 0.29) is 26.9 Å². The Balaban J connectivity index is 1.92. The Labute approximate surface area is 207 Å². The van der Waals surface area contributed by atoms with E-state index in [0.29, 0.717) is 16.8 Å². The quantitative estimate of drug-likeness (QED) is 0.349. The molecular formula is C26H23ClF2N2O3S. The van der Waals surface area contributed by atoms with Gasteiger partial charge in [-0.3, -0.25) is 0 Å². The number of halogens is 3. The maximum atomic E-state index is 14.8. The number of aliphatic hydroxyl groups is 1. The lowest BCUT2D eigenvalue weighted by molar-refractivity contribution is 0.0735. The van der Waals surface area contributed by atoms with E-state index in [0.717, 1.165) is 17.9 Å². The first-order valence-corrected chi connectivity index (χ1v) is 12.9. The molecule has 0 bridgehead atoms. The molecule has 0 aliphatic heterocycles. The Morgan fingerprint density at radius 3 is 2.29 bits per heavy atom. The predicted octanol–water partition coefficient (Wildman–Crippen LogP) is 6.08. The van der Waals surface area contributed by atoms with Gasteiger partial charge < -0.3 is 5.11 Å². The molecule has 1 heterocycles. The van der Waals surface area contributed by atoms with Gasteiger partial charge in [0.25, 0.3) is 0 Å². The number of sulfone groups is 1. The molecule has 4 rings (SSSR count). The zero-order valence-corrected chi connectivity index (χ0v) is 21.0. The maximum Gasteiger partial charge on any atom is 0.175 e. The van der Waals surface area contributed by atoms with Gasteiger partial charge in [0.05, 0.1) is 21.3 Å². The van der Waals surface area contributed by atoms with Crippen LogP contribution in [0.15, 0.2) is 65.6 Å². The molecule has 0 spiro atoms. The van der Waals surface area contributed by atoms with Crippen molar-refractivity contribution in [3.8, 4) is 28.1 Å². The third kappa shape index (κ3) is 4.74. The van der Waals surface area contributed by atoms with Gasteiger partial charge in [-0.15, -0.1) is 0 Å². The molecule has 1 N–H and O–H groups in total. The molecular weight excluding hydrogens is 494 g/mol. The van der Waals surface area contributed by atoms with Crippen LogP contribution in [0.2, 0.25) is 5.02 Å². The number of rotatable bonds is 5. The fourth-order valence-electron chi connectivity index (χ4n) is 3.86. The third-order valence-corrected chi connectivity index (χ3v) is 7.10. The van der Waals surface area contributed by atoms with Gasteiger partial charge in [-0.2, -0.15) is 5.10 Å². The molecule has 182 valence electrons. The van der Waals surface area contributed by atoms with Crippen LogP contribution in [0.25, 0.3) is 28.1 Å². The number of nitrogens with zero attached hydrogens (tertiary/aromatic N) is 2. The van der Waals surface area contributed by atoms with Crippen molar-refractivity contribution < 1.29 is 22.3 Å². The molecule has 1 aromatic heterocycles. The van der Waals surface area contributed by atoms with Crippen LogP contribution < -0.4 is 0 Å². The molecule has 0 atom stereocenters. The maximum absolute atomic E-state index is 14.8. The summed E-state index contributed by atoms with van der Waals surface area (Å²) in [5.74, 6) is -2.11. The average Bonchev–Trinajstić information content (AvgIpc) is 3.12. The molecule has 0 radical (unpaired) electrons. The van der Waals surface area contributed by atoms with Gasteiger partial charge in [0.1, 0.15) is 11.3 Å². The Kier molecular flexibility index (Phi) is 6.34. The minimum atomic E-state index is -3.37. The van der Waals surface area contributed by atoms with Crippen LogP contribution in [-0.4, -0.2) is 29.6 Å². The van der Waals surface area contributed by atoms with E-state index in [1.165, 1.54) is 36.7 Å². The van der Waals surface area contributed by atoms with Gasteiger partial charge in [-0.25, -0.2) is 21.9 Å². The van der Waals surface area contributed by atoms with E-state index in [4.69, 9.17) is 11.6 Å². The fourth-order valence-corrected chi connectivity index (χ4v) is 4.98. The van der Waals surface area contributed by atoms with E-state index in [9.17, 15) is 22.3 Å². The molecule has 4 aromatic rings. The first-order chi connectivity index (χ1) is 16.3. The van der Waals surface area contributed by atoms with Crippen molar-refractivity contribution in [2.75, 3.05) is 6.26 Å². The van der Waals surface area contributed by atoms with E-state index < -0.39 is 27.1 Å². The minimum absolute atomic E-state index is 0.00586. The highest BCUT2D eigenvalue weighted by atomic mass is 35.5. The average molecular weight is 517 g/mol. The summed E-state index contributed by atoms with van der Waals surface area (Å²) in [6.07, 6.45) is 1.15. The minimum Gasteiger partial charge on any atom is -0.384 e. The highest BCUT2D eigenvalue weighted by Gasteiger charge is 2.30. The smallest absolute Gasteiger partial charge is 0.175 e. The summed E-state index contributed by atoms with van der Waals surface area (Å²) in [7, 11) is -3.37. The molecule has 9 heteroatoms. The van der Waals surface area contributed by atoms with E-state index in [1.54, 1.807) is 30.3 Å². The van der Waals surface area contributed by atoms with Gasteiger partial charge >= 0.3 is 0 Å². The molecule has 0 unspecified atom stereocenters. The lowest BCUT2D eigenvalue weighted by Crippen LogP contribution is -2.17. The Morgan fingerprint density at radius 1 is 1.00 bits per heavy atom. The number of hydrogen-bond acceptors (Lipinski definition) is 4. The Hall–Kier alpha value is -3.07. The zero-order valence-electron chi connectivity index (χ0n) is 19.5. The van der Waals surface area contributed by atoms with Gasteiger partial charge in [0.15, 0.2) is 21.5 Å². The largest absolute Gasteiger partial charge is 0.384 e. The van der Waals surface area contributed by atoms with Crippen molar-refractivity contribution in [2.24, 2.45) is 0 Å². The summed E-state index contributed by atoms with van der Waals surface area (Å²) in [5, 5.41) is 15.1. The second-order valence-corrected chi connectivity index (χ2v) is 11.3. The molecule has 0 fully saturated rings. The van der Waals surface area contributed by atoms with Crippen molar-refractivity contribution in [1.82, 2.24) is 9.78 Å². The van der Waals surface area contributed by atoms with Crippen molar-refractivity contribution in [3.63, 3.8) is 0 Å². The molecule has 0 saturated heterocycles. The van der Waals surface area contributed by atoms with Crippen LogP contribution in [-0.2, 0) is 15.4 Å². The van der Waals surface area contributed by atoms with Crippen molar-refractivity contribution in [3.05, 3.63) is 88.6 Å². The van der Waals surface area contributed by atoms with Crippen molar-refractivity contribution >= 4 is 21.4 Å². The number of benzene rings is 3. The second-order valence-electron chi connectivity index (χ2n) is 8.88. The highest BCUT2D eigenvalue weighted by Crippen LogP contribution is 2.39. The predicted molar refractivity (Wildman–Crippen MR) is 132 cm³/mol. The summed E-state index contributed by atoms with van der Waals surface area (Å²) < 4.78 is 54.2.